The smallest absolute Gasteiger partial charge is 0.191 e. The summed E-state index contributed by atoms with van der Waals surface area (Å²) in [6.45, 7) is 12.1. The number of hydrogen-bond acceptors (Lipinski definition) is 3. The molecule has 1 heterocycles. The van der Waals surface area contributed by atoms with Gasteiger partial charge in [-0.05, 0) is 12.8 Å². The summed E-state index contributed by atoms with van der Waals surface area (Å²) in [5.41, 5.74) is 0. The van der Waals surface area contributed by atoms with Crippen LogP contribution in [0.2, 0.25) is 0 Å². The Morgan fingerprint density at radius 1 is 1.24 bits per heavy atom. The molecule has 0 saturated carbocycles. The highest BCUT2D eigenvalue weighted by Crippen LogP contribution is 2.07. The molecule has 1 aromatic rings. The molecule has 0 saturated heterocycles. The molecule has 0 aliphatic rings. The first-order valence-electron chi connectivity index (χ1n) is 8.13. The van der Waals surface area contributed by atoms with E-state index in [1.54, 1.807) is 6.33 Å². The zero-order valence-electron chi connectivity index (χ0n) is 13.9. The maximum atomic E-state index is 4.67. The third-order valence-corrected chi connectivity index (χ3v) is 3.66. The summed E-state index contributed by atoms with van der Waals surface area (Å²) in [5.74, 6) is 2.59. The summed E-state index contributed by atoms with van der Waals surface area (Å²) < 4.78 is 2.08. The van der Waals surface area contributed by atoms with E-state index in [0.29, 0.717) is 5.92 Å². The van der Waals surface area contributed by atoms with Crippen LogP contribution in [0.15, 0.2) is 11.3 Å². The first kappa shape index (κ1) is 17.5. The van der Waals surface area contributed by atoms with Crippen molar-refractivity contribution < 1.29 is 0 Å². The lowest BCUT2D eigenvalue weighted by atomic mass is 10.0. The molecule has 6 heteroatoms. The van der Waals surface area contributed by atoms with E-state index in [-0.39, 0.29) is 0 Å². The van der Waals surface area contributed by atoms with E-state index in [0.717, 1.165) is 44.4 Å². The Morgan fingerprint density at radius 3 is 2.62 bits per heavy atom. The molecule has 0 unspecified atom stereocenters. The van der Waals surface area contributed by atoms with Gasteiger partial charge in [0.25, 0.3) is 0 Å². The van der Waals surface area contributed by atoms with E-state index >= 15 is 0 Å². The minimum atomic E-state index is 0.671. The van der Waals surface area contributed by atoms with E-state index < -0.39 is 0 Å². The van der Waals surface area contributed by atoms with Crippen LogP contribution >= 0.6 is 0 Å². The maximum absolute atomic E-state index is 4.67. The van der Waals surface area contributed by atoms with Crippen LogP contribution in [-0.4, -0.2) is 40.4 Å². The van der Waals surface area contributed by atoms with Crippen LogP contribution in [0.4, 0.5) is 0 Å². The summed E-state index contributed by atoms with van der Waals surface area (Å²) in [4.78, 5) is 4.67. The second-order valence-electron chi connectivity index (χ2n) is 5.12. The van der Waals surface area contributed by atoms with Crippen molar-refractivity contribution in [3.63, 3.8) is 0 Å². The average Bonchev–Trinajstić information content (AvgIpc) is 2.95. The van der Waals surface area contributed by atoms with Gasteiger partial charge in [0.15, 0.2) is 5.96 Å². The lowest BCUT2D eigenvalue weighted by Gasteiger charge is -2.14. The molecular weight excluding hydrogens is 264 g/mol. The number of nitrogens with one attached hydrogen (secondary N) is 2. The van der Waals surface area contributed by atoms with Crippen LogP contribution in [0.1, 0.15) is 46.4 Å². The van der Waals surface area contributed by atoms with Crippen molar-refractivity contribution in [2.24, 2.45) is 10.9 Å². The summed E-state index contributed by atoms with van der Waals surface area (Å²) in [7, 11) is 0. The molecule has 6 nitrogen and oxygen atoms in total. The molecule has 2 N–H and O–H groups in total. The molecule has 0 amide bonds. The van der Waals surface area contributed by atoms with Gasteiger partial charge < -0.3 is 15.2 Å². The molecule has 0 aliphatic heterocycles. The molecule has 1 aromatic heterocycles. The summed E-state index contributed by atoms with van der Waals surface area (Å²) in [6.07, 6.45) is 5.05. The molecule has 0 radical (unpaired) electrons. The lowest BCUT2D eigenvalue weighted by molar-refractivity contribution is 0.503. The van der Waals surface area contributed by atoms with E-state index in [1.165, 1.54) is 12.8 Å². The van der Waals surface area contributed by atoms with Crippen molar-refractivity contribution in [1.29, 1.82) is 0 Å². The standard InChI is InChI=1S/C15H30N6/c1-5-13(6-2)11-18-15(16-8-4)17-9-10-21-12-19-20-14(21)7-3/h12-13H,5-11H2,1-4H3,(H2,16,17,18). The van der Waals surface area contributed by atoms with Gasteiger partial charge in [0, 0.05) is 32.6 Å². The number of rotatable bonds is 9. The molecular formula is C15H30N6. The third kappa shape index (κ3) is 6.14. The fraction of sp³-hybridized carbons (Fsp3) is 0.800. The van der Waals surface area contributed by atoms with E-state index in [9.17, 15) is 0 Å². The fourth-order valence-electron chi connectivity index (χ4n) is 2.14. The zero-order valence-corrected chi connectivity index (χ0v) is 13.9. The number of nitrogens with zero attached hydrogens (tertiary/aromatic N) is 4. The largest absolute Gasteiger partial charge is 0.357 e. The van der Waals surface area contributed by atoms with E-state index in [1.807, 2.05) is 0 Å². The van der Waals surface area contributed by atoms with E-state index in [2.05, 4.69) is 58.1 Å². The maximum Gasteiger partial charge on any atom is 0.191 e. The van der Waals surface area contributed by atoms with Crippen LogP contribution < -0.4 is 10.6 Å². The Hall–Kier alpha value is -1.59. The van der Waals surface area contributed by atoms with Crippen LogP contribution in [0.3, 0.4) is 0 Å². The van der Waals surface area contributed by atoms with Gasteiger partial charge in [-0.25, -0.2) is 0 Å². The topological polar surface area (TPSA) is 67.1 Å². The predicted octanol–water partition coefficient (Wildman–Crippen LogP) is 1.83. The van der Waals surface area contributed by atoms with Crippen molar-refractivity contribution in [1.82, 2.24) is 25.4 Å². The predicted molar refractivity (Wildman–Crippen MR) is 87.5 cm³/mol. The van der Waals surface area contributed by atoms with Crippen LogP contribution in [0.25, 0.3) is 0 Å². The molecule has 0 aromatic carbocycles. The summed E-state index contributed by atoms with van der Waals surface area (Å²) >= 11 is 0. The number of aliphatic imine (C=N–C) groups is 1. The summed E-state index contributed by atoms with van der Waals surface area (Å²) in [6, 6.07) is 0. The van der Waals surface area contributed by atoms with E-state index in [4.69, 9.17) is 0 Å². The highest BCUT2D eigenvalue weighted by molar-refractivity contribution is 5.79. The molecule has 0 fully saturated rings. The van der Waals surface area contributed by atoms with Crippen molar-refractivity contribution in [3.05, 3.63) is 12.2 Å². The Labute approximate surface area is 128 Å². The second kappa shape index (κ2) is 10.2. The average molecular weight is 294 g/mol. The first-order chi connectivity index (χ1) is 10.2. The van der Waals surface area contributed by atoms with Gasteiger partial charge in [-0.2, -0.15) is 0 Å². The van der Waals surface area contributed by atoms with Crippen molar-refractivity contribution >= 4 is 5.96 Å². The van der Waals surface area contributed by atoms with Gasteiger partial charge in [-0.3, -0.25) is 4.99 Å². The van der Waals surface area contributed by atoms with Crippen molar-refractivity contribution in [2.45, 2.75) is 53.5 Å². The minimum absolute atomic E-state index is 0.671. The first-order valence-corrected chi connectivity index (χ1v) is 8.13. The molecule has 120 valence electrons. The third-order valence-electron chi connectivity index (χ3n) is 3.66. The molecule has 0 aliphatic carbocycles. The monoisotopic (exact) mass is 294 g/mol. The van der Waals surface area contributed by atoms with Crippen molar-refractivity contribution in [2.75, 3.05) is 19.6 Å². The second-order valence-corrected chi connectivity index (χ2v) is 5.12. The van der Waals surface area contributed by atoms with Gasteiger partial charge in [-0.1, -0.05) is 33.6 Å². The van der Waals surface area contributed by atoms with Gasteiger partial charge in [0.2, 0.25) is 0 Å². The number of aryl methyl sites for hydroxylation is 1. The molecule has 0 spiro atoms. The lowest BCUT2D eigenvalue weighted by Crippen LogP contribution is -2.39. The minimum Gasteiger partial charge on any atom is -0.357 e. The van der Waals surface area contributed by atoms with Crippen LogP contribution in [-0.2, 0) is 13.0 Å². The Balaban J connectivity index is 2.45. The highest BCUT2D eigenvalue weighted by atomic mass is 15.3. The molecule has 0 bridgehead atoms. The Bertz CT molecular complexity index is 408. The molecule has 0 atom stereocenters. The quantitative estimate of drug-likeness (QED) is 0.538. The Kier molecular flexibility index (Phi) is 8.47. The van der Waals surface area contributed by atoms with Gasteiger partial charge in [0.05, 0.1) is 0 Å². The van der Waals surface area contributed by atoms with Crippen LogP contribution in [0.5, 0.6) is 0 Å². The van der Waals surface area contributed by atoms with Crippen molar-refractivity contribution in [3.8, 4) is 0 Å². The zero-order chi connectivity index (χ0) is 15.5. The number of aromatic nitrogens is 3. The number of hydrogen-bond donors (Lipinski definition) is 2. The van der Waals surface area contributed by atoms with Gasteiger partial charge in [-0.15, -0.1) is 10.2 Å². The Morgan fingerprint density at radius 2 is 2.00 bits per heavy atom. The van der Waals surface area contributed by atoms with Gasteiger partial charge >= 0.3 is 0 Å². The normalized spacial score (nSPS) is 12.0. The summed E-state index contributed by atoms with van der Waals surface area (Å²) in [5, 5.41) is 14.7. The number of guanidine groups is 1. The molecule has 1 rings (SSSR count). The molecule has 21 heavy (non-hydrogen) atoms. The highest BCUT2D eigenvalue weighted by Gasteiger charge is 2.04. The fourth-order valence-corrected chi connectivity index (χ4v) is 2.14. The SMILES string of the molecule is CCNC(=NCC(CC)CC)NCCn1cnnc1CC. The van der Waals surface area contributed by atoms with Crippen LogP contribution in [0, 0.1) is 5.92 Å². The van der Waals surface area contributed by atoms with Gasteiger partial charge in [0.1, 0.15) is 12.2 Å².